The van der Waals surface area contributed by atoms with Crippen LogP contribution in [0.2, 0.25) is 5.02 Å². The van der Waals surface area contributed by atoms with Gasteiger partial charge in [0.25, 0.3) is 0 Å². The van der Waals surface area contributed by atoms with Crippen LogP contribution in [0.25, 0.3) is 11.4 Å². The number of thioether (sulfide) groups is 1. The van der Waals surface area contributed by atoms with Gasteiger partial charge < -0.3 is 14.6 Å². The highest BCUT2D eigenvalue weighted by molar-refractivity contribution is 7.99. The SMILES string of the molecule is COc1cccc(-c2nnc(SCC(=O)Nc3cc(Cl)ccc3C)n2C)c1. The normalized spacial score (nSPS) is 10.7. The highest BCUT2D eigenvalue weighted by atomic mass is 35.5. The number of halogens is 1. The van der Waals surface area contributed by atoms with E-state index in [1.807, 2.05) is 48.9 Å². The Kier molecular flexibility index (Phi) is 6.03. The topological polar surface area (TPSA) is 69.0 Å². The summed E-state index contributed by atoms with van der Waals surface area (Å²) in [6.45, 7) is 1.92. The van der Waals surface area contributed by atoms with Gasteiger partial charge in [0.05, 0.1) is 12.9 Å². The molecule has 0 saturated heterocycles. The van der Waals surface area contributed by atoms with Crippen LogP contribution in [0.5, 0.6) is 5.75 Å². The molecule has 0 atom stereocenters. The van der Waals surface area contributed by atoms with E-state index in [1.54, 1.807) is 19.2 Å². The van der Waals surface area contributed by atoms with Gasteiger partial charge in [-0.25, -0.2) is 0 Å². The maximum Gasteiger partial charge on any atom is 0.234 e. The second kappa shape index (κ2) is 8.45. The third kappa shape index (κ3) is 4.61. The van der Waals surface area contributed by atoms with Gasteiger partial charge in [-0.15, -0.1) is 10.2 Å². The molecule has 0 fully saturated rings. The summed E-state index contributed by atoms with van der Waals surface area (Å²) in [5.41, 5.74) is 2.56. The summed E-state index contributed by atoms with van der Waals surface area (Å²) in [4.78, 5) is 12.3. The van der Waals surface area contributed by atoms with E-state index >= 15 is 0 Å². The summed E-state index contributed by atoms with van der Waals surface area (Å²) < 4.78 is 7.11. The van der Waals surface area contributed by atoms with Crippen molar-refractivity contribution in [2.45, 2.75) is 12.1 Å². The van der Waals surface area contributed by atoms with Gasteiger partial charge in [0.2, 0.25) is 5.91 Å². The van der Waals surface area contributed by atoms with Crippen molar-refractivity contribution in [3.63, 3.8) is 0 Å². The average Bonchev–Trinajstić information content (AvgIpc) is 3.03. The van der Waals surface area contributed by atoms with Crippen molar-refractivity contribution in [3.05, 3.63) is 53.1 Å². The molecule has 27 heavy (non-hydrogen) atoms. The number of aryl methyl sites for hydroxylation is 1. The minimum absolute atomic E-state index is 0.128. The van der Waals surface area contributed by atoms with Gasteiger partial charge in [-0.1, -0.05) is 41.6 Å². The van der Waals surface area contributed by atoms with Crippen molar-refractivity contribution in [1.29, 1.82) is 0 Å². The molecule has 1 N–H and O–H groups in total. The number of nitrogens with zero attached hydrogens (tertiary/aromatic N) is 3. The Bertz CT molecular complexity index is 974. The van der Waals surface area contributed by atoms with Crippen LogP contribution < -0.4 is 10.1 Å². The lowest BCUT2D eigenvalue weighted by Crippen LogP contribution is -2.15. The van der Waals surface area contributed by atoms with E-state index < -0.39 is 0 Å². The van der Waals surface area contributed by atoms with Gasteiger partial charge in [-0.3, -0.25) is 4.79 Å². The van der Waals surface area contributed by atoms with E-state index in [2.05, 4.69) is 15.5 Å². The highest BCUT2D eigenvalue weighted by Gasteiger charge is 2.14. The van der Waals surface area contributed by atoms with Crippen molar-refractivity contribution in [2.75, 3.05) is 18.2 Å². The summed E-state index contributed by atoms with van der Waals surface area (Å²) >= 11 is 7.31. The lowest BCUT2D eigenvalue weighted by Gasteiger charge is -2.09. The number of methoxy groups -OCH3 is 1. The Labute approximate surface area is 166 Å². The molecule has 0 radical (unpaired) electrons. The monoisotopic (exact) mass is 402 g/mol. The molecule has 0 saturated carbocycles. The number of carbonyl (C=O) groups excluding carboxylic acids is 1. The van der Waals surface area contributed by atoms with Gasteiger partial charge in [0.15, 0.2) is 11.0 Å². The van der Waals surface area contributed by atoms with Gasteiger partial charge >= 0.3 is 0 Å². The van der Waals surface area contributed by atoms with Gasteiger partial charge in [-0.2, -0.15) is 0 Å². The molecule has 0 unspecified atom stereocenters. The number of carbonyl (C=O) groups is 1. The van der Waals surface area contributed by atoms with E-state index in [-0.39, 0.29) is 11.7 Å². The molecule has 0 bridgehead atoms. The Balaban J connectivity index is 1.67. The first kappa shape index (κ1) is 19.3. The van der Waals surface area contributed by atoms with Crippen LogP contribution >= 0.6 is 23.4 Å². The van der Waals surface area contributed by atoms with Gasteiger partial charge in [0.1, 0.15) is 5.75 Å². The lowest BCUT2D eigenvalue weighted by atomic mass is 10.2. The molecule has 0 aliphatic heterocycles. The first-order valence-corrected chi connectivity index (χ1v) is 9.57. The molecule has 8 heteroatoms. The molecular formula is C19H19ClN4O2S. The number of ether oxygens (including phenoxy) is 1. The third-order valence-corrected chi connectivity index (χ3v) is 5.22. The maximum atomic E-state index is 12.3. The van der Waals surface area contributed by atoms with E-state index in [1.165, 1.54) is 11.8 Å². The van der Waals surface area contributed by atoms with E-state index in [0.717, 1.165) is 16.9 Å². The summed E-state index contributed by atoms with van der Waals surface area (Å²) in [5, 5.41) is 12.5. The number of benzene rings is 2. The fourth-order valence-electron chi connectivity index (χ4n) is 2.50. The third-order valence-electron chi connectivity index (χ3n) is 3.97. The standard InChI is InChI=1S/C19H19ClN4O2S/c1-12-7-8-14(20)10-16(12)21-17(25)11-27-19-23-22-18(24(19)2)13-5-4-6-15(9-13)26-3/h4-10H,11H2,1-3H3,(H,21,25). The average molecular weight is 403 g/mol. The Hall–Kier alpha value is -2.51. The van der Waals surface area contributed by atoms with E-state index in [0.29, 0.717) is 21.7 Å². The number of rotatable bonds is 6. The fourth-order valence-corrected chi connectivity index (χ4v) is 3.38. The lowest BCUT2D eigenvalue weighted by molar-refractivity contribution is -0.113. The molecule has 0 spiro atoms. The van der Waals surface area contributed by atoms with Crippen molar-refractivity contribution in [3.8, 4) is 17.1 Å². The van der Waals surface area contributed by atoms with E-state index in [9.17, 15) is 4.79 Å². The summed E-state index contributed by atoms with van der Waals surface area (Å²) in [6, 6.07) is 13.0. The first-order chi connectivity index (χ1) is 13.0. The van der Waals surface area contributed by atoms with Crippen molar-refractivity contribution in [1.82, 2.24) is 14.8 Å². The predicted molar refractivity (Wildman–Crippen MR) is 109 cm³/mol. The molecule has 1 amide bonds. The molecule has 6 nitrogen and oxygen atoms in total. The number of amides is 1. The smallest absolute Gasteiger partial charge is 0.234 e. The molecule has 1 aromatic heterocycles. The van der Waals surface area contributed by atoms with Gasteiger partial charge in [-0.05, 0) is 36.8 Å². The second-order valence-electron chi connectivity index (χ2n) is 5.89. The molecule has 3 aromatic rings. The number of nitrogens with one attached hydrogen (secondary N) is 1. The largest absolute Gasteiger partial charge is 0.497 e. The first-order valence-electron chi connectivity index (χ1n) is 8.20. The molecule has 140 valence electrons. The maximum absolute atomic E-state index is 12.3. The predicted octanol–water partition coefficient (Wildman–Crippen LogP) is 4.18. The number of hydrogen-bond donors (Lipinski definition) is 1. The molecular weight excluding hydrogens is 384 g/mol. The van der Waals surface area contributed by atoms with E-state index in [4.69, 9.17) is 16.3 Å². The Morgan fingerprint density at radius 2 is 2.07 bits per heavy atom. The minimum Gasteiger partial charge on any atom is -0.497 e. The number of anilines is 1. The van der Waals surface area contributed by atoms with Crippen LogP contribution in [0.15, 0.2) is 47.6 Å². The quantitative estimate of drug-likeness (QED) is 0.626. The van der Waals surface area contributed by atoms with Crippen LogP contribution in [0.1, 0.15) is 5.56 Å². The zero-order valence-corrected chi connectivity index (χ0v) is 16.8. The van der Waals surface area contributed by atoms with Crippen LogP contribution in [0.4, 0.5) is 5.69 Å². The van der Waals surface area contributed by atoms with Crippen LogP contribution in [0, 0.1) is 6.92 Å². The molecule has 2 aromatic carbocycles. The zero-order chi connectivity index (χ0) is 19.4. The summed E-state index contributed by atoms with van der Waals surface area (Å²) in [7, 11) is 3.49. The Morgan fingerprint density at radius 1 is 1.26 bits per heavy atom. The molecule has 1 heterocycles. The van der Waals surface area contributed by atoms with Crippen molar-refractivity contribution < 1.29 is 9.53 Å². The summed E-state index contributed by atoms with van der Waals surface area (Å²) in [5.74, 6) is 1.55. The van der Waals surface area contributed by atoms with Gasteiger partial charge in [0, 0.05) is 23.3 Å². The number of hydrogen-bond acceptors (Lipinski definition) is 5. The zero-order valence-electron chi connectivity index (χ0n) is 15.2. The second-order valence-corrected chi connectivity index (χ2v) is 7.27. The molecule has 0 aliphatic rings. The van der Waals surface area contributed by atoms with Crippen molar-refractivity contribution in [2.24, 2.45) is 7.05 Å². The molecule has 3 rings (SSSR count). The van der Waals surface area contributed by atoms with Crippen LogP contribution in [0.3, 0.4) is 0 Å². The Morgan fingerprint density at radius 3 is 2.85 bits per heavy atom. The van der Waals surface area contributed by atoms with Crippen LogP contribution in [-0.2, 0) is 11.8 Å². The molecule has 0 aliphatic carbocycles. The van der Waals surface area contributed by atoms with Crippen LogP contribution in [-0.4, -0.2) is 33.5 Å². The fraction of sp³-hybridized carbons (Fsp3) is 0.211. The number of aromatic nitrogens is 3. The highest BCUT2D eigenvalue weighted by Crippen LogP contribution is 2.26. The minimum atomic E-state index is -0.128. The van der Waals surface area contributed by atoms with Crippen molar-refractivity contribution >= 4 is 35.0 Å². The summed E-state index contributed by atoms with van der Waals surface area (Å²) in [6.07, 6.45) is 0.